The second-order valence-electron chi connectivity index (χ2n) is 6.42. The van der Waals surface area contributed by atoms with E-state index in [0.29, 0.717) is 19.5 Å². The van der Waals surface area contributed by atoms with E-state index >= 15 is 0 Å². The van der Waals surface area contributed by atoms with Crippen LogP contribution in [-0.4, -0.2) is 33.9 Å². The Bertz CT molecular complexity index is 861. The third-order valence-electron chi connectivity index (χ3n) is 4.30. The predicted octanol–water partition coefficient (Wildman–Crippen LogP) is 3.05. The number of nitrogens with one attached hydrogen (secondary N) is 2. The molecule has 0 spiro atoms. The number of hydrogen-bond donors (Lipinski definition) is 3. The summed E-state index contributed by atoms with van der Waals surface area (Å²) in [6.45, 7) is 3.91. The molecule has 0 saturated heterocycles. The van der Waals surface area contributed by atoms with E-state index in [9.17, 15) is 5.11 Å². The lowest BCUT2D eigenvalue weighted by Crippen LogP contribution is -2.38. The van der Waals surface area contributed by atoms with Crippen molar-refractivity contribution in [1.82, 2.24) is 20.4 Å². The number of nitrogens with zero attached hydrogens (tertiary/aromatic N) is 3. The van der Waals surface area contributed by atoms with Crippen LogP contribution < -0.4 is 10.6 Å². The lowest BCUT2D eigenvalue weighted by Gasteiger charge is -2.14. The molecule has 3 rings (SSSR count). The molecular formula is C22H27N5O. The quantitative estimate of drug-likeness (QED) is 0.417. The summed E-state index contributed by atoms with van der Waals surface area (Å²) < 4.78 is 1.85. The van der Waals surface area contributed by atoms with Crippen LogP contribution in [0.5, 0.6) is 0 Å². The summed E-state index contributed by atoms with van der Waals surface area (Å²) in [5.74, 6) is 0.719. The number of aliphatic hydroxyl groups is 1. The van der Waals surface area contributed by atoms with Crippen molar-refractivity contribution in [3.05, 3.63) is 84.2 Å². The average Bonchev–Trinajstić information content (AvgIpc) is 3.22. The Balaban J connectivity index is 1.53. The summed E-state index contributed by atoms with van der Waals surface area (Å²) in [5, 5.41) is 21.3. The zero-order valence-corrected chi connectivity index (χ0v) is 16.1. The van der Waals surface area contributed by atoms with Crippen LogP contribution in [-0.2, 0) is 6.54 Å². The second kappa shape index (κ2) is 10.3. The van der Waals surface area contributed by atoms with E-state index in [1.165, 1.54) is 0 Å². The van der Waals surface area contributed by atoms with E-state index in [1.807, 2.05) is 84.5 Å². The molecule has 0 saturated carbocycles. The van der Waals surface area contributed by atoms with Gasteiger partial charge in [-0.3, -0.25) is 0 Å². The molecule has 6 heteroatoms. The van der Waals surface area contributed by atoms with Crippen molar-refractivity contribution in [2.75, 3.05) is 13.1 Å². The van der Waals surface area contributed by atoms with Gasteiger partial charge in [-0.1, -0.05) is 48.5 Å². The van der Waals surface area contributed by atoms with Crippen molar-refractivity contribution < 1.29 is 5.11 Å². The molecular weight excluding hydrogens is 350 g/mol. The highest BCUT2D eigenvalue weighted by Gasteiger charge is 2.07. The molecule has 0 bridgehead atoms. The highest BCUT2D eigenvalue weighted by atomic mass is 16.3. The molecule has 146 valence electrons. The van der Waals surface area contributed by atoms with Crippen molar-refractivity contribution in [3.8, 4) is 5.69 Å². The molecule has 3 N–H and O–H groups in total. The first-order chi connectivity index (χ1) is 13.8. The van der Waals surface area contributed by atoms with E-state index in [-0.39, 0.29) is 0 Å². The third-order valence-corrected chi connectivity index (χ3v) is 4.30. The van der Waals surface area contributed by atoms with Gasteiger partial charge >= 0.3 is 0 Å². The molecule has 0 aliphatic heterocycles. The van der Waals surface area contributed by atoms with Gasteiger partial charge in [-0.25, -0.2) is 9.67 Å². The van der Waals surface area contributed by atoms with Gasteiger partial charge in [-0.05, 0) is 37.1 Å². The number of hydrogen-bond acceptors (Lipinski definition) is 3. The molecule has 28 heavy (non-hydrogen) atoms. The normalized spacial score (nSPS) is 12.6. The molecule has 0 fully saturated rings. The minimum atomic E-state index is -0.488. The Kier molecular flexibility index (Phi) is 7.21. The SMILES string of the molecule is CCNC(=NCc1ccn(-c2ccccc2)n1)NCCC(O)c1ccccc1. The molecule has 6 nitrogen and oxygen atoms in total. The number of aliphatic imine (C=N–C) groups is 1. The fraction of sp³-hybridized carbons (Fsp3) is 0.273. The summed E-state index contributed by atoms with van der Waals surface area (Å²) in [7, 11) is 0. The monoisotopic (exact) mass is 377 g/mol. The first-order valence-corrected chi connectivity index (χ1v) is 9.61. The Morgan fingerprint density at radius 3 is 2.46 bits per heavy atom. The number of aliphatic hydroxyl groups excluding tert-OH is 1. The first-order valence-electron chi connectivity index (χ1n) is 9.61. The minimum Gasteiger partial charge on any atom is -0.388 e. The van der Waals surface area contributed by atoms with Crippen LogP contribution in [0.3, 0.4) is 0 Å². The smallest absolute Gasteiger partial charge is 0.191 e. The maximum atomic E-state index is 10.3. The number of guanidine groups is 1. The Morgan fingerprint density at radius 2 is 1.75 bits per heavy atom. The second-order valence-corrected chi connectivity index (χ2v) is 6.42. The Morgan fingerprint density at radius 1 is 1.04 bits per heavy atom. The molecule has 1 aromatic heterocycles. The topological polar surface area (TPSA) is 74.5 Å². The summed E-state index contributed by atoms with van der Waals surface area (Å²) in [5.41, 5.74) is 2.85. The van der Waals surface area contributed by atoms with Gasteiger partial charge in [0.2, 0.25) is 0 Å². The lowest BCUT2D eigenvalue weighted by atomic mass is 10.1. The summed E-state index contributed by atoms with van der Waals surface area (Å²) in [6, 6.07) is 21.7. The van der Waals surface area contributed by atoms with Crippen molar-refractivity contribution in [3.63, 3.8) is 0 Å². The van der Waals surface area contributed by atoms with E-state index < -0.39 is 6.10 Å². The third kappa shape index (κ3) is 5.69. The van der Waals surface area contributed by atoms with Gasteiger partial charge < -0.3 is 15.7 Å². The number of benzene rings is 2. The first kappa shape index (κ1) is 19.6. The Hall–Kier alpha value is -3.12. The van der Waals surface area contributed by atoms with Gasteiger partial charge in [0.05, 0.1) is 24.0 Å². The van der Waals surface area contributed by atoms with Crippen LogP contribution in [0.25, 0.3) is 5.69 Å². The maximum Gasteiger partial charge on any atom is 0.191 e. The van der Waals surface area contributed by atoms with Gasteiger partial charge in [-0.2, -0.15) is 5.10 Å². The van der Waals surface area contributed by atoms with Gasteiger partial charge in [0.25, 0.3) is 0 Å². The molecule has 0 aliphatic rings. The zero-order valence-electron chi connectivity index (χ0n) is 16.1. The fourth-order valence-electron chi connectivity index (χ4n) is 2.84. The van der Waals surface area contributed by atoms with Crippen LogP contribution in [0.1, 0.15) is 30.7 Å². The molecule has 0 radical (unpaired) electrons. The van der Waals surface area contributed by atoms with Gasteiger partial charge in [0.1, 0.15) is 0 Å². The largest absolute Gasteiger partial charge is 0.388 e. The molecule has 1 heterocycles. The molecule has 2 aromatic carbocycles. The number of para-hydroxylation sites is 1. The number of aromatic nitrogens is 2. The number of rotatable bonds is 8. The van der Waals surface area contributed by atoms with Crippen LogP contribution in [0.15, 0.2) is 77.9 Å². The summed E-state index contributed by atoms with van der Waals surface area (Å²) in [6.07, 6.45) is 2.06. The Labute approximate surface area is 165 Å². The predicted molar refractivity (Wildman–Crippen MR) is 112 cm³/mol. The van der Waals surface area contributed by atoms with Gasteiger partial charge in [0, 0.05) is 19.3 Å². The van der Waals surface area contributed by atoms with E-state index in [4.69, 9.17) is 0 Å². The maximum absolute atomic E-state index is 10.3. The van der Waals surface area contributed by atoms with Crippen LogP contribution in [0, 0.1) is 0 Å². The van der Waals surface area contributed by atoms with Crippen molar-refractivity contribution in [1.29, 1.82) is 0 Å². The van der Waals surface area contributed by atoms with Gasteiger partial charge in [-0.15, -0.1) is 0 Å². The van der Waals surface area contributed by atoms with Crippen molar-refractivity contribution >= 4 is 5.96 Å². The van der Waals surface area contributed by atoms with Crippen LogP contribution >= 0.6 is 0 Å². The van der Waals surface area contributed by atoms with Crippen molar-refractivity contribution in [2.24, 2.45) is 4.99 Å². The lowest BCUT2D eigenvalue weighted by molar-refractivity contribution is 0.168. The average molecular weight is 377 g/mol. The molecule has 3 aromatic rings. The fourth-order valence-corrected chi connectivity index (χ4v) is 2.84. The zero-order chi connectivity index (χ0) is 19.6. The highest BCUT2D eigenvalue weighted by Crippen LogP contribution is 2.14. The molecule has 0 aliphatic carbocycles. The van der Waals surface area contributed by atoms with E-state index in [0.717, 1.165) is 29.4 Å². The van der Waals surface area contributed by atoms with Crippen molar-refractivity contribution in [2.45, 2.75) is 26.0 Å². The molecule has 1 unspecified atom stereocenters. The minimum absolute atomic E-state index is 0.483. The standard InChI is InChI=1S/C22H27N5O/c1-2-23-22(24-15-13-21(28)18-9-5-3-6-10-18)25-17-19-14-16-27(26-19)20-11-7-4-8-12-20/h3-12,14,16,21,28H,2,13,15,17H2,1H3,(H2,23,24,25). The van der Waals surface area contributed by atoms with Gasteiger partial charge in [0.15, 0.2) is 5.96 Å². The summed E-state index contributed by atoms with van der Waals surface area (Å²) in [4.78, 5) is 4.60. The molecule has 1 atom stereocenters. The van der Waals surface area contributed by atoms with E-state index in [1.54, 1.807) is 0 Å². The van der Waals surface area contributed by atoms with Crippen LogP contribution in [0.2, 0.25) is 0 Å². The van der Waals surface area contributed by atoms with Crippen LogP contribution in [0.4, 0.5) is 0 Å². The van der Waals surface area contributed by atoms with E-state index in [2.05, 4.69) is 20.7 Å². The molecule has 0 amide bonds. The summed E-state index contributed by atoms with van der Waals surface area (Å²) >= 11 is 0. The highest BCUT2D eigenvalue weighted by molar-refractivity contribution is 5.79.